The molecular weight excluding hydrogens is 477 g/mol. The Bertz CT molecular complexity index is 815. The molecule has 0 bridgehead atoms. The highest BCUT2D eigenvalue weighted by Crippen LogP contribution is 2.49. The quantitative estimate of drug-likeness (QED) is 0.347. The molecule has 0 aromatic heterocycles. The van der Waals surface area contributed by atoms with E-state index in [1.165, 1.54) is 0 Å². The topological polar surface area (TPSA) is 35.5 Å². The van der Waals surface area contributed by atoms with Gasteiger partial charge in [-0.3, -0.25) is 0 Å². The molecule has 0 aliphatic carbocycles. The van der Waals surface area contributed by atoms with E-state index in [9.17, 15) is 4.79 Å². The van der Waals surface area contributed by atoms with Crippen LogP contribution in [0.25, 0.3) is 0 Å². The van der Waals surface area contributed by atoms with Crippen molar-refractivity contribution in [2.75, 3.05) is 27.2 Å². The maximum Gasteiger partial charge on any atom is 0.350 e. The van der Waals surface area contributed by atoms with Gasteiger partial charge in [0.25, 0.3) is 0 Å². The van der Waals surface area contributed by atoms with Gasteiger partial charge in [-0.1, -0.05) is 54.1 Å². The van der Waals surface area contributed by atoms with Crippen LogP contribution >= 0.6 is 11.6 Å². The van der Waals surface area contributed by atoms with E-state index in [2.05, 4.69) is 14.1 Å². The molecule has 0 saturated carbocycles. The number of likely N-dealkylation sites (tertiary alicyclic amines) is 1. The molecule has 2 fully saturated rings. The summed E-state index contributed by atoms with van der Waals surface area (Å²) in [6, 6.07) is 16.8. The highest BCUT2D eigenvalue weighted by atomic mass is 127. The number of carbonyl (C=O) groups excluding carboxylic acids is 1. The van der Waals surface area contributed by atoms with Gasteiger partial charge in [0.1, 0.15) is 0 Å². The molecule has 0 amide bonds. The number of esters is 1. The molecule has 0 radical (unpaired) electrons. The summed E-state index contributed by atoms with van der Waals surface area (Å²) >= 11 is 6.06. The summed E-state index contributed by atoms with van der Waals surface area (Å²) in [5, 5.41) is 0.620. The van der Waals surface area contributed by atoms with E-state index in [1.54, 1.807) is 12.1 Å². The highest BCUT2D eigenvalue weighted by Gasteiger charge is 2.61. The van der Waals surface area contributed by atoms with Crippen molar-refractivity contribution in [1.82, 2.24) is 0 Å². The first-order valence-electron chi connectivity index (χ1n) is 8.93. The molecule has 144 valence electrons. The Morgan fingerprint density at radius 1 is 0.926 bits per heavy atom. The van der Waals surface area contributed by atoms with E-state index in [0.29, 0.717) is 17.9 Å². The van der Waals surface area contributed by atoms with Crippen LogP contribution in [0.1, 0.15) is 24.0 Å². The summed E-state index contributed by atoms with van der Waals surface area (Å²) < 4.78 is 13.4. The Balaban J connectivity index is 0.00000210. The van der Waals surface area contributed by atoms with Crippen LogP contribution < -0.4 is 24.0 Å². The predicted molar refractivity (Wildman–Crippen MR) is 99.7 cm³/mol. The average Bonchev–Trinajstić information content (AvgIpc) is 2.93. The fourth-order valence-electron chi connectivity index (χ4n) is 3.85. The molecular formula is C21H23ClINO3. The molecule has 2 aliphatic heterocycles. The van der Waals surface area contributed by atoms with Crippen molar-refractivity contribution in [2.24, 2.45) is 0 Å². The third kappa shape index (κ3) is 3.62. The van der Waals surface area contributed by atoms with Crippen molar-refractivity contribution < 1.29 is 42.7 Å². The molecule has 2 aromatic rings. The van der Waals surface area contributed by atoms with Crippen LogP contribution in [-0.4, -0.2) is 43.4 Å². The van der Waals surface area contributed by atoms with Gasteiger partial charge in [0, 0.05) is 5.02 Å². The lowest BCUT2D eigenvalue weighted by Gasteiger charge is -2.41. The number of halogens is 2. The summed E-state index contributed by atoms with van der Waals surface area (Å²) in [7, 11) is 4.38. The van der Waals surface area contributed by atoms with E-state index in [1.807, 2.05) is 42.5 Å². The number of nitrogens with zero attached hydrogens (tertiary/aromatic N) is 1. The first kappa shape index (κ1) is 20.6. The Morgan fingerprint density at radius 2 is 1.48 bits per heavy atom. The normalized spacial score (nSPS) is 25.7. The van der Waals surface area contributed by atoms with E-state index < -0.39 is 11.4 Å². The van der Waals surface area contributed by atoms with Crippen molar-refractivity contribution in [3.63, 3.8) is 0 Å². The minimum absolute atomic E-state index is 0. The first-order chi connectivity index (χ1) is 12.4. The summed E-state index contributed by atoms with van der Waals surface area (Å²) in [5.41, 5.74) is 0.276. The van der Waals surface area contributed by atoms with Gasteiger partial charge in [-0.2, -0.15) is 0 Å². The van der Waals surface area contributed by atoms with Crippen LogP contribution in [0.2, 0.25) is 5.02 Å². The maximum absolute atomic E-state index is 13.2. The zero-order valence-corrected chi connectivity index (χ0v) is 18.4. The van der Waals surface area contributed by atoms with Gasteiger partial charge in [-0.15, -0.1) is 0 Å². The first-order valence-corrected chi connectivity index (χ1v) is 9.30. The van der Waals surface area contributed by atoms with Crippen LogP contribution in [0, 0.1) is 0 Å². The van der Waals surface area contributed by atoms with Crippen LogP contribution in [-0.2, 0) is 19.9 Å². The number of ether oxygens (including phenoxy) is 2. The van der Waals surface area contributed by atoms with Gasteiger partial charge >= 0.3 is 5.97 Å². The van der Waals surface area contributed by atoms with Crippen LogP contribution in [0.3, 0.4) is 0 Å². The number of rotatable bonds is 2. The van der Waals surface area contributed by atoms with Crippen LogP contribution in [0.5, 0.6) is 0 Å². The van der Waals surface area contributed by atoms with E-state index in [0.717, 1.165) is 28.7 Å². The number of benzene rings is 2. The lowest BCUT2D eigenvalue weighted by Crippen LogP contribution is -3.00. The Hall–Kier alpha value is -1.15. The second kappa shape index (κ2) is 7.35. The smallest absolute Gasteiger partial charge is 0.350 e. The molecule has 2 saturated heterocycles. The zero-order chi connectivity index (χ0) is 18.4. The van der Waals surface area contributed by atoms with E-state index in [-0.39, 0.29) is 29.9 Å². The lowest BCUT2D eigenvalue weighted by molar-refractivity contribution is -0.898. The number of quaternary nitrogens is 1. The molecule has 1 unspecified atom stereocenters. The van der Waals surface area contributed by atoms with Crippen molar-refractivity contribution in [3.05, 3.63) is 70.7 Å². The van der Waals surface area contributed by atoms with Gasteiger partial charge in [0.05, 0.1) is 40.0 Å². The fourth-order valence-corrected chi connectivity index (χ4v) is 3.97. The van der Waals surface area contributed by atoms with Crippen molar-refractivity contribution >= 4 is 17.6 Å². The van der Waals surface area contributed by atoms with Crippen LogP contribution in [0.4, 0.5) is 0 Å². The van der Waals surface area contributed by atoms with Crippen molar-refractivity contribution in [3.8, 4) is 0 Å². The Morgan fingerprint density at radius 3 is 2.07 bits per heavy atom. The van der Waals surface area contributed by atoms with Gasteiger partial charge in [-0.25, -0.2) is 4.79 Å². The second-order valence-electron chi connectivity index (χ2n) is 7.84. The second-order valence-corrected chi connectivity index (χ2v) is 8.28. The summed E-state index contributed by atoms with van der Waals surface area (Å²) in [6.07, 6.45) is 1.38. The summed E-state index contributed by atoms with van der Waals surface area (Å²) in [6.45, 7) is 1.80. The molecule has 4 rings (SSSR count). The number of piperidine rings is 1. The lowest BCUT2D eigenvalue weighted by atomic mass is 9.86. The molecule has 6 heteroatoms. The zero-order valence-electron chi connectivity index (χ0n) is 15.5. The predicted octanol–water partition coefficient (Wildman–Crippen LogP) is 0.727. The monoisotopic (exact) mass is 499 g/mol. The van der Waals surface area contributed by atoms with Gasteiger partial charge < -0.3 is 37.9 Å². The molecule has 1 spiro atoms. The maximum atomic E-state index is 13.2. The number of hydrogen-bond acceptors (Lipinski definition) is 3. The van der Waals surface area contributed by atoms with Gasteiger partial charge in [-0.05, 0) is 23.3 Å². The number of hydrogen-bond donors (Lipinski definition) is 0. The Labute approximate surface area is 182 Å². The largest absolute Gasteiger partial charge is 1.00 e. The summed E-state index contributed by atoms with van der Waals surface area (Å²) in [5.74, 6) is -1.21. The van der Waals surface area contributed by atoms with E-state index >= 15 is 0 Å². The van der Waals surface area contributed by atoms with Crippen LogP contribution in [0.15, 0.2) is 54.6 Å². The minimum Gasteiger partial charge on any atom is -1.00 e. The average molecular weight is 500 g/mol. The highest BCUT2D eigenvalue weighted by molar-refractivity contribution is 6.30. The molecule has 0 N–H and O–H groups in total. The molecule has 2 aliphatic rings. The molecule has 1 atom stereocenters. The number of carbonyl (C=O) groups is 1. The fraction of sp³-hybridized carbons (Fsp3) is 0.381. The van der Waals surface area contributed by atoms with Crippen molar-refractivity contribution in [1.29, 1.82) is 0 Å². The molecule has 4 nitrogen and oxygen atoms in total. The van der Waals surface area contributed by atoms with Gasteiger partial charge in [0.15, 0.2) is 0 Å². The molecule has 2 heterocycles. The molecule has 2 aromatic carbocycles. The van der Waals surface area contributed by atoms with E-state index in [4.69, 9.17) is 21.1 Å². The third-order valence-corrected chi connectivity index (χ3v) is 5.78. The standard InChI is InChI=1S/C21H23ClNO3.HI/c1-23(2)14-12-20(13-15-23)25-19(24)21(26-20,16-6-4-3-5-7-16)17-8-10-18(22)11-9-17;/h3-11H,12-15H2,1-2H3;1H/q+1;/p-1. The van der Waals surface area contributed by atoms with Crippen molar-refractivity contribution in [2.45, 2.75) is 24.2 Å². The SMILES string of the molecule is C[N+]1(C)CCC2(CC1)OC(=O)C(c1ccccc1)(c1ccc(Cl)cc1)O2.[I-]. The summed E-state index contributed by atoms with van der Waals surface area (Å²) in [4.78, 5) is 13.2. The van der Waals surface area contributed by atoms with Gasteiger partial charge in [0.2, 0.25) is 11.4 Å². The third-order valence-electron chi connectivity index (χ3n) is 5.53. The minimum atomic E-state index is -1.25. The Kier molecular flexibility index (Phi) is 5.60. The molecule has 27 heavy (non-hydrogen) atoms.